The van der Waals surface area contributed by atoms with E-state index >= 15 is 0 Å². The molecule has 1 atom stereocenters. The number of hydrogen-bond acceptors (Lipinski definition) is 4. The van der Waals surface area contributed by atoms with E-state index in [-0.39, 0.29) is 25.2 Å². The molecule has 0 bridgehead atoms. The molecule has 1 amide bonds. The van der Waals surface area contributed by atoms with E-state index in [0.717, 1.165) is 5.56 Å². The topological polar surface area (TPSA) is 72.8 Å². The lowest BCUT2D eigenvalue weighted by Gasteiger charge is -2.33. The summed E-state index contributed by atoms with van der Waals surface area (Å²) in [4.78, 5) is 14.1. The van der Waals surface area contributed by atoms with Crippen LogP contribution in [0.2, 0.25) is 0 Å². The third-order valence-corrected chi connectivity index (χ3v) is 4.02. The number of aryl methyl sites for hydroxylation is 1. The number of aliphatic hydroxyl groups is 2. The molecule has 124 valence electrons. The lowest BCUT2D eigenvalue weighted by atomic mass is 9.92. The Balaban J connectivity index is 2.51. The van der Waals surface area contributed by atoms with Crippen LogP contribution in [0.4, 0.5) is 0 Å². The monoisotopic (exact) mass is 308 g/mol. The second-order valence-corrected chi connectivity index (χ2v) is 6.42. The highest BCUT2D eigenvalue weighted by Crippen LogP contribution is 2.16. The van der Waals surface area contributed by atoms with Gasteiger partial charge in [0.25, 0.3) is 0 Å². The Bertz CT molecular complexity index is 469. The molecule has 0 spiro atoms. The van der Waals surface area contributed by atoms with Gasteiger partial charge in [0.1, 0.15) is 0 Å². The molecular weight excluding hydrogens is 280 g/mol. The summed E-state index contributed by atoms with van der Waals surface area (Å²) in [6.07, 6.45) is 0. The first-order valence-corrected chi connectivity index (χ1v) is 7.56. The minimum absolute atomic E-state index is 0.0682. The number of rotatable bonds is 8. The fourth-order valence-corrected chi connectivity index (χ4v) is 2.13. The van der Waals surface area contributed by atoms with Gasteiger partial charge in [-0.25, -0.2) is 0 Å². The molecule has 5 heteroatoms. The van der Waals surface area contributed by atoms with E-state index in [1.165, 1.54) is 5.56 Å². The van der Waals surface area contributed by atoms with Crippen LogP contribution in [0.5, 0.6) is 0 Å². The van der Waals surface area contributed by atoms with Crippen molar-refractivity contribution in [3.05, 3.63) is 35.4 Å². The standard InChI is InChI=1S/C17H28N2O3/c1-13-5-7-15(8-6-13)9-18-16(22)14(2)19(4)10-17(3,11-20)12-21/h5-8,14,20-21H,9-12H2,1-4H3,(H,18,22). The maximum absolute atomic E-state index is 12.2. The molecule has 1 aromatic rings. The van der Waals surface area contributed by atoms with Gasteiger partial charge in [0.2, 0.25) is 5.91 Å². The third kappa shape index (κ3) is 5.40. The summed E-state index contributed by atoms with van der Waals surface area (Å²) in [6.45, 7) is 6.34. The highest BCUT2D eigenvalue weighted by Gasteiger charge is 2.28. The lowest BCUT2D eigenvalue weighted by molar-refractivity contribution is -0.126. The quantitative estimate of drug-likeness (QED) is 0.668. The van der Waals surface area contributed by atoms with Gasteiger partial charge in [0.05, 0.1) is 19.3 Å². The normalized spacial score (nSPS) is 13.2. The van der Waals surface area contributed by atoms with Crippen LogP contribution in [0, 0.1) is 12.3 Å². The van der Waals surface area contributed by atoms with Crippen molar-refractivity contribution in [3.63, 3.8) is 0 Å². The number of likely N-dealkylation sites (N-methyl/N-ethyl adjacent to an activating group) is 1. The zero-order chi connectivity index (χ0) is 16.8. The fraction of sp³-hybridized carbons (Fsp3) is 0.588. The summed E-state index contributed by atoms with van der Waals surface area (Å²) in [6, 6.07) is 7.70. The van der Waals surface area contributed by atoms with Crippen LogP contribution >= 0.6 is 0 Å². The predicted molar refractivity (Wildman–Crippen MR) is 87.4 cm³/mol. The number of nitrogens with zero attached hydrogens (tertiary/aromatic N) is 1. The maximum Gasteiger partial charge on any atom is 0.237 e. The molecular formula is C17H28N2O3. The van der Waals surface area contributed by atoms with Crippen molar-refractivity contribution >= 4 is 5.91 Å². The van der Waals surface area contributed by atoms with Crippen molar-refractivity contribution < 1.29 is 15.0 Å². The molecule has 1 unspecified atom stereocenters. The van der Waals surface area contributed by atoms with Crippen LogP contribution in [0.1, 0.15) is 25.0 Å². The van der Waals surface area contributed by atoms with Gasteiger partial charge >= 0.3 is 0 Å². The van der Waals surface area contributed by atoms with Crippen molar-refractivity contribution in [2.45, 2.75) is 33.4 Å². The van der Waals surface area contributed by atoms with Gasteiger partial charge in [-0.15, -0.1) is 0 Å². The van der Waals surface area contributed by atoms with E-state index in [9.17, 15) is 15.0 Å². The Morgan fingerprint density at radius 2 is 1.82 bits per heavy atom. The molecule has 0 aliphatic heterocycles. The number of carbonyl (C=O) groups is 1. The summed E-state index contributed by atoms with van der Waals surface area (Å²) in [5, 5.41) is 21.6. The SMILES string of the molecule is Cc1ccc(CNC(=O)C(C)N(C)CC(C)(CO)CO)cc1. The maximum atomic E-state index is 12.2. The van der Waals surface area contributed by atoms with Gasteiger partial charge < -0.3 is 15.5 Å². The summed E-state index contributed by atoms with van der Waals surface area (Å²) < 4.78 is 0. The zero-order valence-corrected chi connectivity index (χ0v) is 14.0. The van der Waals surface area contributed by atoms with E-state index < -0.39 is 5.41 Å². The second-order valence-electron chi connectivity index (χ2n) is 6.42. The summed E-state index contributed by atoms with van der Waals surface area (Å²) in [7, 11) is 1.82. The van der Waals surface area contributed by atoms with Crippen molar-refractivity contribution in [3.8, 4) is 0 Å². The minimum atomic E-state index is -0.611. The number of carbonyl (C=O) groups excluding carboxylic acids is 1. The lowest BCUT2D eigenvalue weighted by Crippen LogP contribution is -2.48. The van der Waals surface area contributed by atoms with Crippen LogP contribution in [0.15, 0.2) is 24.3 Å². The molecule has 5 nitrogen and oxygen atoms in total. The Morgan fingerprint density at radius 1 is 1.27 bits per heavy atom. The van der Waals surface area contributed by atoms with Crippen molar-refractivity contribution in [1.29, 1.82) is 0 Å². The average Bonchev–Trinajstić information content (AvgIpc) is 2.53. The molecule has 0 aromatic heterocycles. The van der Waals surface area contributed by atoms with Crippen molar-refractivity contribution in [2.24, 2.45) is 5.41 Å². The molecule has 0 fully saturated rings. The Labute approximate surface area is 133 Å². The van der Waals surface area contributed by atoms with Gasteiger partial charge in [-0.1, -0.05) is 36.8 Å². The molecule has 0 saturated carbocycles. The van der Waals surface area contributed by atoms with Crippen LogP contribution in [0.25, 0.3) is 0 Å². The summed E-state index contributed by atoms with van der Waals surface area (Å²) >= 11 is 0. The Hall–Kier alpha value is -1.43. The third-order valence-electron chi connectivity index (χ3n) is 4.02. The van der Waals surface area contributed by atoms with E-state index in [2.05, 4.69) is 5.32 Å². The van der Waals surface area contributed by atoms with Crippen LogP contribution in [0.3, 0.4) is 0 Å². The summed E-state index contributed by atoms with van der Waals surface area (Å²) in [5.74, 6) is -0.0682. The molecule has 1 rings (SSSR count). The highest BCUT2D eigenvalue weighted by molar-refractivity contribution is 5.81. The van der Waals surface area contributed by atoms with Gasteiger partial charge in [0, 0.05) is 18.5 Å². The van der Waals surface area contributed by atoms with Gasteiger partial charge in [-0.05, 0) is 26.5 Å². The summed E-state index contributed by atoms with van der Waals surface area (Å²) in [5.41, 5.74) is 1.64. The number of benzene rings is 1. The van der Waals surface area contributed by atoms with Crippen molar-refractivity contribution in [1.82, 2.24) is 10.2 Å². The first-order valence-electron chi connectivity index (χ1n) is 7.56. The van der Waals surface area contributed by atoms with E-state index in [1.54, 1.807) is 6.92 Å². The molecule has 0 saturated heterocycles. The Morgan fingerprint density at radius 3 is 2.32 bits per heavy atom. The molecule has 3 N–H and O–H groups in total. The smallest absolute Gasteiger partial charge is 0.237 e. The molecule has 22 heavy (non-hydrogen) atoms. The zero-order valence-electron chi connectivity index (χ0n) is 14.0. The molecule has 0 aliphatic carbocycles. The van der Waals surface area contributed by atoms with Gasteiger partial charge in [0.15, 0.2) is 0 Å². The van der Waals surface area contributed by atoms with Crippen LogP contribution < -0.4 is 5.32 Å². The number of nitrogens with one attached hydrogen (secondary N) is 1. The van der Waals surface area contributed by atoms with E-state index in [0.29, 0.717) is 13.1 Å². The number of hydrogen-bond donors (Lipinski definition) is 3. The first kappa shape index (κ1) is 18.6. The number of amides is 1. The van der Waals surface area contributed by atoms with Crippen LogP contribution in [-0.2, 0) is 11.3 Å². The molecule has 0 aliphatic rings. The van der Waals surface area contributed by atoms with E-state index in [1.807, 2.05) is 50.1 Å². The first-order chi connectivity index (χ1) is 10.3. The second kappa shape index (κ2) is 8.27. The average molecular weight is 308 g/mol. The van der Waals surface area contributed by atoms with E-state index in [4.69, 9.17) is 0 Å². The minimum Gasteiger partial charge on any atom is -0.396 e. The van der Waals surface area contributed by atoms with Crippen LogP contribution in [-0.4, -0.2) is 53.9 Å². The predicted octanol–water partition coefficient (Wildman–Crippen LogP) is 0.922. The molecule has 0 radical (unpaired) electrons. The fourth-order valence-electron chi connectivity index (χ4n) is 2.13. The number of aliphatic hydroxyl groups excluding tert-OH is 2. The Kier molecular flexibility index (Phi) is 7.00. The van der Waals surface area contributed by atoms with Gasteiger partial charge in [-0.3, -0.25) is 9.69 Å². The molecule has 1 aromatic carbocycles. The largest absolute Gasteiger partial charge is 0.396 e. The van der Waals surface area contributed by atoms with Crippen molar-refractivity contribution in [2.75, 3.05) is 26.8 Å². The van der Waals surface area contributed by atoms with Gasteiger partial charge in [-0.2, -0.15) is 0 Å². The molecule has 0 heterocycles. The highest BCUT2D eigenvalue weighted by atomic mass is 16.3.